The number of para-hydroxylation sites is 3. The summed E-state index contributed by atoms with van der Waals surface area (Å²) in [6.45, 7) is 3.07. The molecule has 16 heteroatoms. The summed E-state index contributed by atoms with van der Waals surface area (Å²) in [5, 5.41) is 14.3. The highest BCUT2D eigenvalue weighted by Gasteiger charge is 2.31. The van der Waals surface area contributed by atoms with Crippen molar-refractivity contribution in [3.63, 3.8) is 0 Å². The number of hydrogen-bond acceptors (Lipinski definition) is 9. The maximum Gasteiger partial charge on any atom is 0.573 e. The molecule has 0 aliphatic heterocycles. The van der Waals surface area contributed by atoms with Crippen molar-refractivity contribution >= 4 is 66.2 Å². The Morgan fingerprint density at radius 3 is 1.51 bits per heavy atom. The lowest BCUT2D eigenvalue weighted by molar-refractivity contribution is -0.274. The van der Waals surface area contributed by atoms with E-state index in [9.17, 15) is 32.3 Å². The van der Waals surface area contributed by atoms with Gasteiger partial charge in [0.1, 0.15) is 30.2 Å². The molecule has 0 fully saturated rings. The minimum absolute atomic E-state index is 0.0595. The third-order valence-electron chi connectivity index (χ3n) is 12.9. The minimum Gasteiger partial charge on any atom is -0.406 e. The Hall–Kier alpha value is -9.18. The molecule has 356 valence electrons. The van der Waals surface area contributed by atoms with E-state index in [0.29, 0.717) is 83.1 Å². The fourth-order valence-electron chi connectivity index (χ4n) is 9.69. The third kappa shape index (κ3) is 8.31. The number of carbonyl (C=O) groups is 2. The molecule has 0 aliphatic rings. The van der Waals surface area contributed by atoms with Gasteiger partial charge in [-0.05, 0) is 67.9 Å². The van der Waals surface area contributed by atoms with Gasteiger partial charge >= 0.3 is 18.3 Å². The van der Waals surface area contributed by atoms with Crippen molar-refractivity contribution in [3.05, 3.63) is 201 Å². The van der Waals surface area contributed by atoms with Crippen molar-refractivity contribution in [3.8, 4) is 28.3 Å². The number of benzene rings is 6. The average molecular weight is 964 g/mol. The maximum atomic E-state index is 14.0. The number of halogens is 3. The molecule has 0 atom stereocenters. The van der Waals surface area contributed by atoms with Crippen molar-refractivity contribution in [1.29, 1.82) is 0 Å². The summed E-state index contributed by atoms with van der Waals surface area (Å²) in [4.78, 5) is 60.5. The Bertz CT molecular complexity index is 4120. The molecule has 0 N–H and O–H groups in total. The summed E-state index contributed by atoms with van der Waals surface area (Å²) >= 11 is 0. The molecular formula is C56H40F3N7O6. The van der Waals surface area contributed by atoms with Crippen LogP contribution < -0.4 is 15.9 Å². The lowest BCUT2D eigenvalue weighted by atomic mass is 10.0. The molecule has 72 heavy (non-hydrogen) atoms. The lowest BCUT2D eigenvalue weighted by Gasteiger charge is -2.13. The molecule has 0 saturated carbocycles. The summed E-state index contributed by atoms with van der Waals surface area (Å²) in [6.07, 6.45) is -4.86. The number of hydrogen-bond donors (Lipinski definition) is 0. The summed E-state index contributed by atoms with van der Waals surface area (Å²) in [7, 11) is 0. The first-order chi connectivity index (χ1) is 34.8. The minimum atomic E-state index is -4.86. The van der Waals surface area contributed by atoms with Gasteiger partial charge in [-0.3, -0.25) is 14.6 Å². The van der Waals surface area contributed by atoms with Crippen LogP contribution in [0.1, 0.15) is 22.6 Å². The molecule has 0 bridgehead atoms. The average Bonchev–Trinajstić information content (AvgIpc) is 3.81. The quantitative estimate of drug-likeness (QED) is 0.0913. The molecule has 0 spiro atoms. The van der Waals surface area contributed by atoms with E-state index >= 15 is 0 Å². The van der Waals surface area contributed by atoms with Gasteiger partial charge in [-0.25, -0.2) is 19.0 Å². The van der Waals surface area contributed by atoms with Crippen LogP contribution in [-0.4, -0.2) is 52.0 Å². The molecule has 13 nitrogen and oxygen atoms in total. The normalized spacial score (nSPS) is 11.8. The van der Waals surface area contributed by atoms with Crippen LogP contribution in [0.25, 0.3) is 76.8 Å². The molecule has 0 radical (unpaired) electrons. The fourth-order valence-corrected chi connectivity index (χ4v) is 9.69. The Morgan fingerprint density at radius 2 is 0.986 bits per heavy atom. The van der Waals surface area contributed by atoms with Crippen molar-refractivity contribution < 1.29 is 32.2 Å². The zero-order valence-corrected chi connectivity index (χ0v) is 38.6. The molecule has 0 aliphatic carbocycles. The molecule has 11 rings (SSSR count). The Morgan fingerprint density at radius 1 is 0.528 bits per heavy atom. The zero-order valence-electron chi connectivity index (χ0n) is 38.6. The smallest absolute Gasteiger partial charge is 0.406 e. The van der Waals surface area contributed by atoms with Gasteiger partial charge in [0.15, 0.2) is 0 Å². The van der Waals surface area contributed by atoms with E-state index in [1.54, 1.807) is 39.5 Å². The van der Waals surface area contributed by atoms with Crippen LogP contribution in [-0.2, 0) is 40.5 Å². The monoisotopic (exact) mass is 963 g/mol. The van der Waals surface area contributed by atoms with Gasteiger partial charge in [-0.15, -0.1) is 13.2 Å². The van der Waals surface area contributed by atoms with E-state index in [2.05, 4.69) is 4.74 Å². The number of fused-ring (bicyclic) bond motifs is 5. The van der Waals surface area contributed by atoms with Crippen molar-refractivity contribution in [2.75, 3.05) is 0 Å². The van der Waals surface area contributed by atoms with Gasteiger partial charge in [0.2, 0.25) is 0 Å². The van der Waals surface area contributed by atoms with Crippen LogP contribution in [0, 0.1) is 13.8 Å². The third-order valence-corrected chi connectivity index (χ3v) is 12.9. The van der Waals surface area contributed by atoms with E-state index in [1.165, 1.54) is 33.6 Å². The summed E-state index contributed by atoms with van der Waals surface area (Å²) in [6, 6.07) is 46.0. The van der Waals surface area contributed by atoms with E-state index in [0.717, 1.165) is 16.3 Å². The molecule has 0 saturated heterocycles. The van der Waals surface area contributed by atoms with Crippen LogP contribution in [0.2, 0.25) is 0 Å². The molecule has 6 aromatic carbocycles. The molecule has 5 aromatic heterocycles. The van der Waals surface area contributed by atoms with Crippen molar-refractivity contribution in [1.82, 2.24) is 33.7 Å². The standard InChI is InChI=1S/C56H40F3N7O6/c1-33-50(52-39-14-4-6-16-41(39)54(69)65(61-52)29-35-23-27-38(28-24-35)72-56(57,58)59)43-18-8-11-21-46(43)63(33)31-48(67)71-49(68)32-64-34(2)51(44-19-9-12-22-47(44)64)53-40-15-5-7-17-42(40)55(70)66(62-53)30-37-26-25-36-13-3-10-20-45(36)60-37/h3-28H,29-32H2,1-2H3. The second-order valence-corrected chi connectivity index (χ2v) is 17.4. The zero-order chi connectivity index (χ0) is 49.8. The summed E-state index contributed by atoms with van der Waals surface area (Å²) in [5.74, 6) is -2.01. The Labute approximate surface area is 406 Å². The van der Waals surface area contributed by atoms with Gasteiger partial charge in [0.25, 0.3) is 11.1 Å². The summed E-state index contributed by atoms with van der Waals surface area (Å²) < 4.78 is 54.4. The summed E-state index contributed by atoms with van der Waals surface area (Å²) in [5.41, 5.74) is 6.22. The number of pyridine rings is 1. The maximum absolute atomic E-state index is 14.0. The van der Waals surface area contributed by atoms with E-state index < -0.39 is 29.6 Å². The molecule has 5 heterocycles. The number of esters is 2. The largest absolute Gasteiger partial charge is 0.573 e. The number of alkyl halides is 3. The fraction of sp³-hybridized carbons (Fsp3) is 0.125. The van der Waals surface area contributed by atoms with Crippen molar-refractivity contribution in [2.24, 2.45) is 0 Å². The second-order valence-electron chi connectivity index (χ2n) is 17.4. The number of rotatable bonds is 11. The van der Waals surface area contributed by atoms with Crippen LogP contribution in [0.4, 0.5) is 13.2 Å². The van der Waals surface area contributed by atoms with Gasteiger partial charge in [-0.1, -0.05) is 109 Å². The Balaban J connectivity index is 0.899. The first kappa shape index (κ1) is 45.3. The number of aromatic nitrogens is 7. The Kier molecular flexibility index (Phi) is 11.3. The number of ether oxygens (including phenoxy) is 2. The first-order valence-corrected chi connectivity index (χ1v) is 22.9. The highest BCUT2D eigenvalue weighted by molar-refractivity contribution is 6.06. The predicted octanol–water partition coefficient (Wildman–Crippen LogP) is 10.3. The SMILES string of the molecule is Cc1c(-c2nn(Cc3ccc(OC(F)(F)F)cc3)c(=O)c3ccccc23)c2ccccc2n1CC(=O)OC(=O)Cn1c(C)c(-c2nn(Cc3ccc4ccccc4n3)c(=O)c3ccccc23)c2ccccc21. The molecule has 11 aromatic rings. The van der Waals surface area contributed by atoms with Gasteiger partial charge in [-0.2, -0.15) is 10.2 Å². The van der Waals surface area contributed by atoms with E-state index in [1.807, 2.05) is 117 Å². The van der Waals surface area contributed by atoms with Crippen LogP contribution in [0.5, 0.6) is 5.75 Å². The predicted molar refractivity (Wildman–Crippen MR) is 268 cm³/mol. The topological polar surface area (TPSA) is 145 Å². The number of nitrogens with zero attached hydrogens (tertiary/aromatic N) is 7. The van der Waals surface area contributed by atoms with Crippen LogP contribution >= 0.6 is 0 Å². The van der Waals surface area contributed by atoms with Crippen molar-refractivity contribution in [2.45, 2.75) is 46.4 Å². The molecular weight excluding hydrogens is 924 g/mol. The van der Waals surface area contributed by atoms with E-state index in [-0.39, 0.29) is 31.7 Å². The number of carbonyl (C=O) groups excluding carboxylic acids is 2. The second kappa shape index (κ2) is 18.0. The lowest BCUT2D eigenvalue weighted by Crippen LogP contribution is -2.25. The van der Waals surface area contributed by atoms with Gasteiger partial charge in [0.05, 0.1) is 35.1 Å². The molecule has 0 unspecified atom stereocenters. The van der Waals surface area contributed by atoms with Gasteiger partial charge < -0.3 is 18.6 Å². The van der Waals surface area contributed by atoms with E-state index in [4.69, 9.17) is 19.9 Å². The highest BCUT2D eigenvalue weighted by Crippen LogP contribution is 2.38. The van der Waals surface area contributed by atoms with Crippen LogP contribution in [0.15, 0.2) is 167 Å². The molecule has 0 amide bonds. The highest BCUT2D eigenvalue weighted by atomic mass is 19.4. The van der Waals surface area contributed by atoms with Gasteiger partial charge in [0, 0.05) is 60.5 Å². The first-order valence-electron chi connectivity index (χ1n) is 22.9. The van der Waals surface area contributed by atoms with Crippen LogP contribution in [0.3, 0.4) is 0 Å².